The van der Waals surface area contributed by atoms with Crippen LogP contribution in [-0.2, 0) is 7.05 Å². The molecule has 1 aromatic rings. The molecule has 0 unspecified atom stereocenters. The lowest BCUT2D eigenvalue weighted by atomic mass is 10.2. The summed E-state index contributed by atoms with van der Waals surface area (Å²) in [6, 6.07) is 0. The molecule has 1 aliphatic heterocycles. The molecule has 6 nitrogen and oxygen atoms in total. The van der Waals surface area contributed by atoms with Crippen molar-refractivity contribution in [1.82, 2.24) is 9.55 Å². The zero-order valence-corrected chi connectivity index (χ0v) is 9.81. The van der Waals surface area contributed by atoms with Crippen LogP contribution in [0.1, 0.15) is 13.8 Å². The van der Waals surface area contributed by atoms with Crippen LogP contribution in [0.4, 0.5) is 0 Å². The minimum absolute atomic E-state index is 0.339. The first kappa shape index (κ1) is 11.3. The first-order valence-corrected chi connectivity index (χ1v) is 5.10. The molecule has 0 spiro atoms. The minimum Gasteiger partial charge on any atom is -0.303 e. The van der Waals surface area contributed by atoms with E-state index >= 15 is 0 Å². The van der Waals surface area contributed by atoms with E-state index in [-0.39, 0.29) is 5.56 Å². The Morgan fingerprint density at radius 2 is 1.82 bits per heavy atom. The zero-order valence-electron chi connectivity index (χ0n) is 9.81. The van der Waals surface area contributed by atoms with E-state index in [2.05, 4.69) is 15.0 Å². The fourth-order valence-corrected chi connectivity index (χ4v) is 1.62. The number of hydrogen-bond acceptors (Lipinski definition) is 4. The molecule has 0 bridgehead atoms. The smallest absolute Gasteiger partial charge is 0.303 e. The first-order chi connectivity index (χ1) is 8.02. The second-order valence-corrected chi connectivity index (χ2v) is 3.92. The van der Waals surface area contributed by atoms with Crippen molar-refractivity contribution in [1.29, 1.82) is 0 Å². The van der Waals surface area contributed by atoms with Crippen molar-refractivity contribution in [3.63, 3.8) is 0 Å². The van der Waals surface area contributed by atoms with Gasteiger partial charge in [-0.15, -0.1) is 0 Å². The highest BCUT2D eigenvalue weighted by atomic mass is 16.2. The Morgan fingerprint density at radius 3 is 2.35 bits per heavy atom. The van der Waals surface area contributed by atoms with Gasteiger partial charge in [0.05, 0.1) is 5.22 Å². The number of aromatic nitrogens is 2. The maximum Gasteiger partial charge on any atom is 0.328 e. The molecule has 0 saturated heterocycles. The normalized spacial score (nSPS) is 13.5. The number of H-pyrrole nitrogens is 1. The Hall–Kier alpha value is -2.24. The van der Waals surface area contributed by atoms with Gasteiger partial charge in [-0.3, -0.25) is 9.36 Å². The third-order valence-corrected chi connectivity index (χ3v) is 2.49. The number of hydrogen-bond donors (Lipinski definition) is 1. The van der Waals surface area contributed by atoms with E-state index in [1.54, 1.807) is 0 Å². The molecule has 1 aromatic heterocycles. The zero-order chi connectivity index (χ0) is 12.6. The average molecular weight is 232 g/mol. The standard InChI is InChI=1S/C11H12N4O2/c1-6(2)7-8(9-12-4-5-13-9)14-11(17)15(3)10(7)16/h4-5H,1-3H3,(H,14,17). The number of nitrogens with one attached hydrogen (secondary N) is 1. The molecule has 6 heteroatoms. The first-order valence-electron chi connectivity index (χ1n) is 5.10. The Labute approximate surface area is 96.4 Å². The maximum absolute atomic E-state index is 12.0. The summed E-state index contributed by atoms with van der Waals surface area (Å²) in [7, 11) is 1.43. The molecule has 0 aromatic carbocycles. The predicted octanol–water partition coefficient (Wildman–Crippen LogP) is -1.51. The van der Waals surface area contributed by atoms with E-state index in [0.717, 1.165) is 10.1 Å². The van der Waals surface area contributed by atoms with E-state index in [1.807, 2.05) is 13.8 Å². The highest BCUT2D eigenvalue weighted by molar-refractivity contribution is 6.20. The molecular formula is C11H12N4O2. The van der Waals surface area contributed by atoms with Crippen molar-refractivity contribution in [2.45, 2.75) is 13.8 Å². The van der Waals surface area contributed by atoms with Crippen LogP contribution in [0.2, 0.25) is 0 Å². The predicted molar refractivity (Wildman–Crippen MR) is 66.7 cm³/mol. The van der Waals surface area contributed by atoms with Gasteiger partial charge < -0.3 is 4.98 Å². The Kier molecular flexibility index (Phi) is 2.63. The van der Waals surface area contributed by atoms with Crippen molar-refractivity contribution >= 4 is 23.8 Å². The molecule has 1 aliphatic rings. The highest BCUT2D eigenvalue weighted by Gasteiger charge is 2.06. The Morgan fingerprint density at radius 1 is 1.24 bits per heavy atom. The average Bonchev–Trinajstić information content (AvgIpc) is 2.77. The van der Waals surface area contributed by atoms with Crippen molar-refractivity contribution in [3.05, 3.63) is 31.4 Å². The lowest BCUT2D eigenvalue weighted by Crippen LogP contribution is -2.54. The molecule has 1 N–H and O–H groups in total. The van der Waals surface area contributed by atoms with Gasteiger partial charge in [0.15, 0.2) is 5.82 Å². The number of rotatable bonds is 0. The third-order valence-electron chi connectivity index (χ3n) is 2.49. The summed E-state index contributed by atoms with van der Waals surface area (Å²) >= 11 is 0. The summed E-state index contributed by atoms with van der Waals surface area (Å²) in [5.41, 5.74) is -0.00463. The molecule has 0 radical (unpaired) electrons. The lowest BCUT2D eigenvalue weighted by Gasteiger charge is -1.99. The molecule has 0 atom stereocenters. The van der Waals surface area contributed by atoms with Gasteiger partial charge in [-0.2, -0.15) is 0 Å². The SMILES string of the molecule is CC(C)=c1c(=C2N=CC=N2)[nH]c(=O)n(C)c1=O. The van der Waals surface area contributed by atoms with E-state index in [4.69, 9.17) is 0 Å². The minimum atomic E-state index is -0.472. The van der Waals surface area contributed by atoms with Crippen LogP contribution in [0.25, 0.3) is 11.4 Å². The Bertz CT molecular complexity index is 744. The molecule has 88 valence electrons. The monoisotopic (exact) mass is 232 g/mol. The second kappa shape index (κ2) is 3.97. The van der Waals surface area contributed by atoms with Gasteiger partial charge in [-0.1, -0.05) is 5.57 Å². The lowest BCUT2D eigenvalue weighted by molar-refractivity contribution is 0.753. The van der Waals surface area contributed by atoms with Crippen LogP contribution in [0.3, 0.4) is 0 Å². The molecule has 0 amide bonds. The van der Waals surface area contributed by atoms with Crippen molar-refractivity contribution in [2.24, 2.45) is 17.0 Å². The van der Waals surface area contributed by atoms with Crippen LogP contribution in [0.15, 0.2) is 19.6 Å². The van der Waals surface area contributed by atoms with Crippen molar-refractivity contribution in [3.8, 4) is 0 Å². The Balaban J connectivity index is 3.19. The quantitative estimate of drug-likeness (QED) is 0.590. The van der Waals surface area contributed by atoms with Gasteiger partial charge in [0.1, 0.15) is 5.35 Å². The molecule has 0 aliphatic carbocycles. The summed E-state index contributed by atoms with van der Waals surface area (Å²) < 4.78 is 1.04. The molecule has 0 fully saturated rings. The van der Waals surface area contributed by atoms with Gasteiger partial charge in [0.25, 0.3) is 5.56 Å². The van der Waals surface area contributed by atoms with E-state index < -0.39 is 5.69 Å². The van der Waals surface area contributed by atoms with Gasteiger partial charge in [0, 0.05) is 19.5 Å². The van der Waals surface area contributed by atoms with Crippen molar-refractivity contribution in [2.75, 3.05) is 0 Å². The van der Waals surface area contributed by atoms with E-state index in [1.165, 1.54) is 19.5 Å². The summed E-state index contributed by atoms with van der Waals surface area (Å²) in [6.45, 7) is 3.61. The molecular weight excluding hydrogens is 220 g/mol. The van der Waals surface area contributed by atoms with E-state index in [9.17, 15) is 9.59 Å². The summed E-state index contributed by atoms with van der Waals surface area (Å²) in [5.74, 6) is 0.357. The molecule has 2 rings (SSSR count). The summed E-state index contributed by atoms with van der Waals surface area (Å²) in [5, 5.41) is 0.821. The van der Waals surface area contributed by atoms with Gasteiger partial charge in [0.2, 0.25) is 0 Å². The molecule has 17 heavy (non-hydrogen) atoms. The van der Waals surface area contributed by atoms with Gasteiger partial charge >= 0.3 is 5.69 Å². The van der Waals surface area contributed by atoms with Crippen LogP contribution < -0.4 is 21.8 Å². The fraction of sp³-hybridized carbons (Fsp3) is 0.273. The van der Waals surface area contributed by atoms with Crippen LogP contribution in [-0.4, -0.2) is 22.0 Å². The van der Waals surface area contributed by atoms with Crippen LogP contribution >= 0.6 is 0 Å². The topological polar surface area (TPSA) is 79.6 Å². The largest absolute Gasteiger partial charge is 0.328 e. The number of aromatic amines is 1. The second-order valence-electron chi connectivity index (χ2n) is 3.92. The molecule has 2 heterocycles. The fourth-order valence-electron chi connectivity index (χ4n) is 1.62. The van der Waals surface area contributed by atoms with Crippen LogP contribution in [0, 0.1) is 0 Å². The third kappa shape index (κ3) is 1.77. The number of aliphatic imine (C=N–C) groups is 2. The van der Waals surface area contributed by atoms with Crippen LogP contribution in [0.5, 0.6) is 0 Å². The van der Waals surface area contributed by atoms with Gasteiger partial charge in [-0.05, 0) is 13.8 Å². The maximum atomic E-state index is 12.0. The van der Waals surface area contributed by atoms with Gasteiger partial charge in [-0.25, -0.2) is 14.8 Å². The van der Waals surface area contributed by atoms with Crippen molar-refractivity contribution < 1.29 is 0 Å². The molecule has 0 saturated carbocycles. The highest BCUT2D eigenvalue weighted by Crippen LogP contribution is 1.97. The summed E-state index contributed by atoms with van der Waals surface area (Å²) in [4.78, 5) is 34.2. The number of nitrogens with zero attached hydrogens (tertiary/aromatic N) is 3. The summed E-state index contributed by atoms with van der Waals surface area (Å²) in [6.07, 6.45) is 3.03. The van der Waals surface area contributed by atoms with E-state index in [0.29, 0.717) is 16.4 Å².